The van der Waals surface area contributed by atoms with Crippen molar-refractivity contribution in [3.8, 4) is 5.69 Å². The van der Waals surface area contributed by atoms with Crippen molar-refractivity contribution >= 4 is 0 Å². The zero-order valence-electron chi connectivity index (χ0n) is 10.6. The van der Waals surface area contributed by atoms with Gasteiger partial charge in [-0.1, -0.05) is 18.2 Å². The molecule has 0 amide bonds. The summed E-state index contributed by atoms with van der Waals surface area (Å²) < 4.78 is 0. The molecule has 0 radical (unpaired) electrons. The molecule has 2 aromatic rings. The zero-order valence-corrected chi connectivity index (χ0v) is 10.6. The van der Waals surface area contributed by atoms with E-state index in [4.69, 9.17) is 0 Å². The lowest BCUT2D eigenvalue weighted by Gasteiger charge is -2.01. The fraction of sp³-hybridized carbons (Fsp3) is 0.385. The van der Waals surface area contributed by atoms with Crippen LogP contribution in [-0.2, 0) is 6.54 Å². The molecule has 96 valence electrons. The van der Waals surface area contributed by atoms with Gasteiger partial charge in [-0.3, -0.25) is 0 Å². The quantitative estimate of drug-likeness (QED) is 0.714. The molecule has 0 atom stereocenters. The molecule has 1 aromatic heterocycles. The molecule has 0 saturated carbocycles. The van der Waals surface area contributed by atoms with Crippen LogP contribution in [0.1, 0.15) is 12.1 Å². The van der Waals surface area contributed by atoms with Gasteiger partial charge >= 0.3 is 0 Å². The lowest BCUT2D eigenvalue weighted by atomic mass is 10.3. The number of nitrogens with zero attached hydrogens (tertiary/aromatic N) is 3. The molecular weight excluding hydrogens is 226 g/mol. The Morgan fingerprint density at radius 3 is 2.78 bits per heavy atom. The minimum absolute atomic E-state index is 0.760. The summed E-state index contributed by atoms with van der Waals surface area (Å²) in [6.45, 7) is 2.78. The number of rotatable bonds is 7. The molecule has 1 heterocycles. The maximum atomic E-state index is 4.43. The number of aromatic nitrogens is 3. The average molecular weight is 245 g/mol. The number of benzene rings is 1. The molecule has 0 spiro atoms. The highest BCUT2D eigenvalue weighted by molar-refractivity contribution is 5.28. The predicted molar refractivity (Wildman–Crippen MR) is 71.6 cm³/mol. The van der Waals surface area contributed by atoms with Crippen molar-refractivity contribution in [1.82, 2.24) is 25.6 Å². The van der Waals surface area contributed by atoms with Gasteiger partial charge in [-0.2, -0.15) is 15.0 Å². The molecule has 2 N–H and O–H groups in total. The predicted octanol–water partition coefficient (Wildman–Crippen LogP) is 0.966. The zero-order chi connectivity index (χ0) is 12.6. The lowest BCUT2D eigenvalue weighted by molar-refractivity contribution is 0.614. The van der Waals surface area contributed by atoms with Gasteiger partial charge in [-0.25, -0.2) is 0 Å². The Bertz CT molecular complexity index is 451. The Morgan fingerprint density at radius 2 is 2.00 bits per heavy atom. The molecular formula is C13H19N5. The standard InChI is InChI=1S/C13H19N5/c1-14-8-5-9-15-10-12-11-16-18(17-12)13-6-3-2-4-7-13/h2-4,6-7,11,14-15H,5,8-10H2,1H3. The van der Waals surface area contributed by atoms with Gasteiger partial charge in [0.2, 0.25) is 0 Å². The summed E-state index contributed by atoms with van der Waals surface area (Å²) >= 11 is 0. The largest absolute Gasteiger partial charge is 0.320 e. The molecule has 0 aliphatic rings. The maximum Gasteiger partial charge on any atom is 0.0969 e. The van der Waals surface area contributed by atoms with Gasteiger partial charge in [-0.05, 0) is 38.7 Å². The Hall–Kier alpha value is -1.72. The molecule has 1 aromatic carbocycles. The van der Waals surface area contributed by atoms with E-state index in [-0.39, 0.29) is 0 Å². The minimum atomic E-state index is 0.760. The molecule has 2 rings (SSSR count). The molecule has 0 aliphatic carbocycles. The number of nitrogens with one attached hydrogen (secondary N) is 2. The molecule has 5 nitrogen and oxygen atoms in total. The fourth-order valence-electron chi connectivity index (χ4n) is 1.67. The van der Waals surface area contributed by atoms with Crippen LogP contribution in [-0.4, -0.2) is 35.1 Å². The third-order valence-electron chi connectivity index (χ3n) is 2.61. The molecule has 0 saturated heterocycles. The summed E-state index contributed by atoms with van der Waals surface area (Å²) in [6.07, 6.45) is 2.92. The van der Waals surface area contributed by atoms with Gasteiger partial charge < -0.3 is 10.6 Å². The monoisotopic (exact) mass is 245 g/mol. The Kier molecular flexibility index (Phi) is 4.87. The van der Waals surface area contributed by atoms with Crippen LogP contribution in [0.15, 0.2) is 36.5 Å². The van der Waals surface area contributed by atoms with E-state index in [0.29, 0.717) is 0 Å². The fourth-order valence-corrected chi connectivity index (χ4v) is 1.67. The lowest BCUT2D eigenvalue weighted by Crippen LogP contribution is -2.19. The Labute approximate surface area is 107 Å². The van der Waals surface area contributed by atoms with Crippen LogP contribution in [0.4, 0.5) is 0 Å². The first-order chi connectivity index (χ1) is 8.90. The van der Waals surface area contributed by atoms with E-state index >= 15 is 0 Å². The van der Waals surface area contributed by atoms with Crippen molar-refractivity contribution in [2.75, 3.05) is 20.1 Å². The van der Waals surface area contributed by atoms with Crippen molar-refractivity contribution in [2.45, 2.75) is 13.0 Å². The summed E-state index contributed by atoms with van der Waals surface area (Å²) in [5.41, 5.74) is 1.95. The van der Waals surface area contributed by atoms with Crippen LogP contribution < -0.4 is 10.6 Å². The normalized spacial score (nSPS) is 10.7. The highest BCUT2D eigenvalue weighted by atomic mass is 15.5. The average Bonchev–Trinajstić information content (AvgIpc) is 2.88. The van der Waals surface area contributed by atoms with Crippen LogP contribution in [0, 0.1) is 0 Å². The van der Waals surface area contributed by atoms with Crippen LogP contribution in [0.5, 0.6) is 0 Å². The van der Waals surface area contributed by atoms with E-state index in [1.165, 1.54) is 0 Å². The van der Waals surface area contributed by atoms with E-state index < -0.39 is 0 Å². The first-order valence-corrected chi connectivity index (χ1v) is 6.22. The van der Waals surface area contributed by atoms with E-state index in [9.17, 15) is 0 Å². The number of hydrogen-bond donors (Lipinski definition) is 2. The number of hydrogen-bond acceptors (Lipinski definition) is 4. The number of para-hydroxylation sites is 1. The molecule has 0 unspecified atom stereocenters. The summed E-state index contributed by atoms with van der Waals surface area (Å²) in [5, 5.41) is 15.1. The van der Waals surface area contributed by atoms with E-state index in [1.54, 1.807) is 11.0 Å². The third kappa shape index (κ3) is 3.65. The first-order valence-electron chi connectivity index (χ1n) is 6.22. The van der Waals surface area contributed by atoms with E-state index in [2.05, 4.69) is 20.8 Å². The molecule has 0 fully saturated rings. The van der Waals surface area contributed by atoms with Crippen molar-refractivity contribution in [2.24, 2.45) is 0 Å². The van der Waals surface area contributed by atoms with E-state index in [1.807, 2.05) is 37.4 Å². The Balaban J connectivity index is 1.83. The molecule has 0 bridgehead atoms. The highest BCUT2D eigenvalue weighted by Crippen LogP contribution is 2.03. The van der Waals surface area contributed by atoms with Gasteiger partial charge in [0, 0.05) is 6.54 Å². The topological polar surface area (TPSA) is 54.8 Å². The summed E-state index contributed by atoms with van der Waals surface area (Å²) in [7, 11) is 1.96. The van der Waals surface area contributed by atoms with Crippen LogP contribution >= 0.6 is 0 Å². The molecule has 0 aliphatic heterocycles. The summed E-state index contributed by atoms with van der Waals surface area (Å²) in [4.78, 5) is 1.66. The van der Waals surface area contributed by atoms with Crippen molar-refractivity contribution in [3.63, 3.8) is 0 Å². The summed E-state index contributed by atoms with van der Waals surface area (Å²) in [5.74, 6) is 0. The second-order valence-corrected chi connectivity index (χ2v) is 4.09. The first kappa shape index (κ1) is 12.7. The van der Waals surface area contributed by atoms with Gasteiger partial charge in [0.1, 0.15) is 0 Å². The van der Waals surface area contributed by atoms with Crippen LogP contribution in [0.25, 0.3) is 5.69 Å². The highest BCUT2D eigenvalue weighted by Gasteiger charge is 2.01. The third-order valence-corrected chi connectivity index (χ3v) is 2.61. The minimum Gasteiger partial charge on any atom is -0.320 e. The van der Waals surface area contributed by atoms with Crippen LogP contribution in [0.3, 0.4) is 0 Å². The summed E-state index contributed by atoms with van der Waals surface area (Å²) in [6, 6.07) is 9.92. The SMILES string of the molecule is CNCCCNCc1cnn(-c2ccccc2)n1. The van der Waals surface area contributed by atoms with Crippen molar-refractivity contribution < 1.29 is 0 Å². The van der Waals surface area contributed by atoms with Gasteiger partial charge in [-0.15, -0.1) is 0 Å². The smallest absolute Gasteiger partial charge is 0.0969 e. The van der Waals surface area contributed by atoms with Gasteiger partial charge in [0.25, 0.3) is 0 Å². The van der Waals surface area contributed by atoms with Crippen LogP contribution in [0.2, 0.25) is 0 Å². The van der Waals surface area contributed by atoms with E-state index in [0.717, 1.165) is 37.4 Å². The molecule has 18 heavy (non-hydrogen) atoms. The van der Waals surface area contributed by atoms with Crippen molar-refractivity contribution in [3.05, 3.63) is 42.2 Å². The second-order valence-electron chi connectivity index (χ2n) is 4.09. The second kappa shape index (κ2) is 6.88. The van der Waals surface area contributed by atoms with Gasteiger partial charge in [0.15, 0.2) is 0 Å². The van der Waals surface area contributed by atoms with Crippen molar-refractivity contribution in [1.29, 1.82) is 0 Å². The Morgan fingerprint density at radius 1 is 1.17 bits per heavy atom. The van der Waals surface area contributed by atoms with Gasteiger partial charge in [0.05, 0.1) is 17.6 Å². The molecule has 5 heteroatoms. The maximum absolute atomic E-state index is 4.43.